The van der Waals surface area contributed by atoms with Crippen LogP contribution in [0.4, 0.5) is 13.2 Å². The van der Waals surface area contributed by atoms with Gasteiger partial charge in [-0.3, -0.25) is 4.79 Å². The highest BCUT2D eigenvalue weighted by molar-refractivity contribution is 5.85. The fourth-order valence-electron chi connectivity index (χ4n) is 3.57. The van der Waals surface area contributed by atoms with Gasteiger partial charge in [0.05, 0.1) is 12.0 Å². The van der Waals surface area contributed by atoms with E-state index in [0.29, 0.717) is 37.2 Å². The Balaban J connectivity index is 1.65. The van der Waals surface area contributed by atoms with Crippen LogP contribution in [0.25, 0.3) is 11.0 Å². The van der Waals surface area contributed by atoms with E-state index in [1.165, 1.54) is 18.6 Å². The van der Waals surface area contributed by atoms with Crippen LogP contribution in [0.2, 0.25) is 0 Å². The highest BCUT2D eigenvalue weighted by atomic mass is 19.4. The van der Waals surface area contributed by atoms with Crippen molar-refractivity contribution in [3.05, 3.63) is 23.4 Å². The second-order valence-corrected chi connectivity index (χ2v) is 7.09. The number of hydrogen-bond donors (Lipinski definition) is 0. The third kappa shape index (κ3) is 4.59. The molecule has 0 radical (unpaired) electrons. The average molecular weight is 398 g/mol. The number of ether oxygens (including phenoxy) is 1. The molecule has 0 atom stereocenters. The van der Waals surface area contributed by atoms with E-state index < -0.39 is 11.9 Å². The van der Waals surface area contributed by atoms with Gasteiger partial charge in [0, 0.05) is 25.1 Å². The van der Waals surface area contributed by atoms with Gasteiger partial charge in [-0.25, -0.2) is 0 Å². The Kier molecular flexibility index (Phi) is 6.46. The maximum Gasteiger partial charge on any atom is 0.437 e. The Bertz CT molecular complexity index is 811. The first kappa shape index (κ1) is 20.5. The Hall–Kier alpha value is -2.25. The molecule has 1 amide bonds. The van der Waals surface area contributed by atoms with Crippen LogP contribution in [-0.2, 0) is 17.4 Å². The van der Waals surface area contributed by atoms with E-state index in [1.807, 2.05) is 11.8 Å². The third-order valence-electron chi connectivity index (χ3n) is 4.97. The number of hydrogen-bond acceptors (Lipinski definition) is 4. The Morgan fingerprint density at radius 3 is 2.68 bits per heavy atom. The van der Waals surface area contributed by atoms with Crippen molar-refractivity contribution in [1.29, 1.82) is 0 Å². The maximum atomic E-state index is 13.1. The van der Waals surface area contributed by atoms with E-state index in [0.717, 1.165) is 32.4 Å². The molecule has 2 aromatic rings. The summed E-state index contributed by atoms with van der Waals surface area (Å²) in [5.74, 6) is 0.627. The number of aryl methyl sites for hydroxylation is 1. The fraction of sp³-hybridized carbons (Fsp3) is 0.600. The van der Waals surface area contributed by atoms with Crippen LogP contribution < -0.4 is 4.74 Å². The van der Waals surface area contributed by atoms with Gasteiger partial charge in [-0.15, -0.1) is 0 Å². The summed E-state index contributed by atoms with van der Waals surface area (Å²) in [6.07, 6.45) is 0.935. The Morgan fingerprint density at radius 1 is 1.25 bits per heavy atom. The Morgan fingerprint density at radius 2 is 2.00 bits per heavy atom. The summed E-state index contributed by atoms with van der Waals surface area (Å²) in [6, 6.07) is 2.87. The minimum Gasteiger partial charge on any atom is -0.493 e. The van der Waals surface area contributed by atoms with Crippen LogP contribution in [-0.4, -0.2) is 35.7 Å². The van der Waals surface area contributed by atoms with E-state index in [4.69, 9.17) is 9.26 Å². The second kappa shape index (κ2) is 8.84. The highest BCUT2D eigenvalue weighted by Gasteiger charge is 2.37. The van der Waals surface area contributed by atoms with Crippen LogP contribution in [0.1, 0.15) is 56.7 Å². The number of amides is 1. The van der Waals surface area contributed by atoms with Crippen molar-refractivity contribution >= 4 is 16.9 Å². The monoisotopic (exact) mass is 398 g/mol. The molecule has 0 bridgehead atoms. The molecular weight excluding hydrogens is 373 g/mol. The lowest BCUT2D eigenvalue weighted by Crippen LogP contribution is -2.35. The van der Waals surface area contributed by atoms with Gasteiger partial charge in [-0.2, -0.15) is 13.2 Å². The van der Waals surface area contributed by atoms with Gasteiger partial charge in [0.2, 0.25) is 5.91 Å². The number of piperidine rings is 1. The molecule has 2 heterocycles. The number of carbonyl (C=O) groups excluding carboxylic acids is 1. The summed E-state index contributed by atoms with van der Waals surface area (Å²) in [4.78, 5) is 14.1. The van der Waals surface area contributed by atoms with Crippen molar-refractivity contribution in [2.75, 3.05) is 19.7 Å². The molecule has 1 fully saturated rings. The second-order valence-electron chi connectivity index (χ2n) is 7.09. The van der Waals surface area contributed by atoms with Crippen LogP contribution >= 0.6 is 0 Å². The number of fused-ring (bicyclic) bond motifs is 1. The van der Waals surface area contributed by atoms with Gasteiger partial charge in [0.25, 0.3) is 0 Å². The first-order valence-corrected chi connectivity index (χ1v) is 9.81. The van der Waals surface area contributed by atoms with Crippen LogP contribution in [0.15, 0.2) is 16.7 Å². The molecule has 1 aromatic heterocycles. The maximum absolute atomic E-state index is 13.1. The molecule has 5 nitrogen and oxygen atoms in total. The molecule has 1 aliphatic rings. The zero-order valence-corrected chi connectivity index (χ0v) is 16.0. The van der Waals surface area contributed by atoms with Gasteiger partial charge in [-0.1, -0.05) is 18.5 Å². The lowest BCUT2D eigenvalue weighted by atomic mass is 10.0. The van der Waals surface area contributed by atoms with Crippen LogP contribution in [0.3, 0.4) is 0 Å². The molecule has 3 rings (SSSR count). The van der Waals surface area contributed by atoms with E-state index in [1.54, 1.807) is 0 Å². The normalized spacial score (nSPS) is 15.2. The summed E-state index contributed by atoms with van der Waals surface area (Å²) in [5.41, 5.74) is -0.306. The van der Waals surface area contributed by atoms with Gasteiger partial charge >= 0.3 is 6.18 Å². The molecule has 154 valence electrons. The molecule has 1 aliphatic heterocycles. The van der Waals surface area contributed by atoms with E-state index in [9.17, 15) is 18.0 Å². The number of halogens is 3. The molecule has 0 unspecified atom stereocenters. The molecule has 0 aliphatic carbocycles. The Labute approximate surface area is 161 Å². The first-order valence-electron chi connectivity index (χ1n) is 9.81. The zero-order chi connectivity index (χ0) is 20.1. The highest BCUT2D eigenvalue weighted by Crippen LogP contribution is 2.38. The lowest BCUT2D eigenvalue weighted by molar-refractivity contribution is -0.141. The summed E-state index contributed by atoms with van der Waals surface area (Å²) in [7, 11) is 0. The molecule has 1 saturated heterocycles. The predicted octanol–water partition coefficient (Wildman–Crippen LogP) is 4.97. The number of carbonyl (C=O) groups is 1. The van der Waals surface area contributed by atoms with Crippen molar-refractivity contribution in [2.24, 2.45) is 0 Å². The topological polar surface area (TPSA) is 55.6 Å². The van der Waals surface area contributed by atoms with E-state index >= 15 is 0 Å². The molecule has 0 N–H and O–H groups in total. The quantitative estimate of drug-likeness (QED) is 0.618. The van der Waals surface area contributed by atoms with Crippen molar-refractivity contribution in [3.8, 4) is 5.75 Å². The van der Waals surface area contributed by atoms with Crippen LogP contribution in [0, 0.1) is 0 Å². The average Bonchev–Trinajstić information content (AvgIpc) is 3.12. The minimum absolute atomic E-state index is 0.0522. The van der Waals surface area contributed by atoms with Crippen LogP contribution in [0.5, 0.6) is 5.75 Å². The van der Waals surface area contributed by atoms with Crippen molar-refractivity contribution in [2.45, 2.75) is 58.0 Å². The third-order valence-corrected chi connectivity index (χ3v) is 4.97. The number of benzene rings is 1. The lowest BCUT2D eigenvalue weighted by Gasteiger charge is -2.26. The summed E-state index contributed by atoms with van der Waals surface area (Å²) >= 11 is 0. The number of likely N-dealkylation sites (tertiary alicyclic amines) is 1. The summed E-state index contributed by atoms with van der Waals surface area (Å²) < 4.78 is 50.0. The molecule has 0 saturated carbocycles. The van der Waals surface area contributed by atoms with Crippen molar-refractivity contribution < 1.29 is 27.2 Å². The fourth-order valence-corrected chi connectivity index (χ4v) is 3.57. The van der Waals surface area contributed by atoms with Crippen molar-refractivity contribution in [1.82, 2.24) is 10.1 Å². The van der Waals surface area contributed by atoms with Gasteiger partial charge in [0.15, 0.2) is 11.3 Å². The molecule has 28 heavy (non-hydrogen) atoms. The standard InChI is InChI=1S/C20H25F3N2O3/c1-2-7-14-16(10-9-15-18(14)28-24-19(15)20(21,22)23)27-13-6-8-17(26)25-11-4-3-5-12-25/h9-10H,2-8,11-13H2,1H3. The number of alkyl halides is 3. The van der Waals surface area contributed by atoms with Crippen molar-refractivity contribution in [3.63, 3.8) is 0 Å². The number of aromatic nitrogens is 1. The number of nitrogens with zero attached hydrogens (tertiary/aromatic N) is 2. The van der Waals surface area contributed by atoms with Gasteiger partial charge < -0.3 is 14.2 Å². The van der Waals surface area contributed by atoms with Gasteiger partial charge in [0.1, 0.15) is 5.75 Å². The molecule has 8 heteroatoms. The van der Waals surface area contributed by atoms with E-state index in [-0.39, 0.29) is 16.9 Å². The number of rotatable bonds is 7. The minimum atomic E-state index is -4.56. The SMILES string of the molecule is CCCc1c(OCCCC(=O)N2CCCCC2)ccc2c(C(F)(F)F)noc12. The van der Waals surface area contributed by atoms with Gasteiger partial charge in [-0.05, 0) is 44.2 Å². The molecule has 1 aromatic carbocycles. The summed E-state index contributed by atoms with van der Waals surface area (Å²) in [5, 5.41) is 3.16. The molecule has 0 spiro atoms. The predicted molar refractivity (Wildman–Crippen MR) is 98.2 cm³/mol. The van der Waals surface area contributed by atoms with E-state index in [2.05, 4.69) is 5.16 Å². The first-order chi connectivity index (χ1) is 13.4. The smallest absolute Gasteiger partial charge is 0.437 e. The largest absolute Gasteiger partial charge is 0.493 e. The zero-order valence-electron chi connectivity index (χ0n) is 16.0. The summed E-state index contributed by atoms with van der Waals surface area (Å²) in [6.45, 7) is 3.90. The molecular formula is C20H25F3N2O3.